The second kappa shape index (κ2) is 9.11. The zero-order valence-corrected chi connectivity index (χ0v) is 25.8. The lowest BCUT2D eigenvalue weighted by atomic mass is 9.66. The molecule has 4 heteroatoms. The van der Waals surface area contributed by atoms with Crippen molar-refractivity contribution in [2.75, 3.05) is 5.73 Å². The van der Waals surface area contributed by atoms with Gasteiger partial charge in [0, 0.05) is 33.2 Å². The maximum absolute atomic E-state index is 7.05. The van der Waals surface area contributed by atoms with Gasteiger partial charge in [-0.15, -0.1) is 0 Å². The number of aromatic nitrogens is 2. The van der Waals surface area contributed by atoms with Crippen LogP contribution in [-0.2, 0) is 5.41 Å². The number of para-hydroxylation sites is 5. The number of benzene rings is 7. The molecule has 0 saturated heterocycles. The Morgan fingerprint density at radius 3 is 1.98 bits per heavy atom. The molecule has 0 radical (unpaired) electrons. The average Bonchev–Trinajstić information content (AvgIpc) is 3.66. The fourth-order valence-electron chi connectivity index (χ4n) is 8.64. The highest BCUT2D eigenvalue weighted by Gasteiger charge is 2.51. The Morgan fingerprint density at radius 2 is 1.17 bits per heavy atom. The van der Waals surface area contributed by atoms with E-state index in [4.69, 9.17) is 15.5 Å². The summed E-state index contributed by atoms with van der Waals surface area (Å²) in [6, 6.07) is 53.9. The fraction of sp³-hybridized carbons (Fsp3) is 0.0227. The van der Waals surface area contributed by atoms with E-state index >= 15 is 0 Å². The maximum Gasteiger partial charge on any atom is 0.146 e. The van der Waals surface area contributed by atoms with Crippen LogP contribution in [0.15, 0.2) is 152 Å². The van der Waals surface area contributed by atoms with Gasteiger partial charge >= 0.3 is 0 Å². The van der Waals surface area contributed by atoms with Crippen molar-refractivity contribution >= 4 is 44.0 Å². The van der Waals surface area contributed by atoms with Crippen molar-refractivity contribution in [3.8, 4) is 33.8 Å². The number of nitrogens with zero attached hydrogens (tertiary/aromatic N) is 2. The van der Waals surface area contributed by atoms with E-state index in [9.17, 15) is 0 Å². The predicted molar refractivity (Wildman–Crippen MR) is 195 cm³/mol. The van der Waals surface area contributed by atoms with Gasteiger partial charge in [-0.3, -0.25) is 4.40 Å². The van der Waals surface area contributed by atoms with E-state index in [2.05, 4.69) is 156 Å². The number of hydrogen-bond donors (Lipinski definition) is 1. The monoisotopic (exact) mass is 613 g/mol. The van der Waals surface area contributed by atoms with Crippen LogP contribution < -0.4 is 10.5 Å². The molecule has 4 nitrogen and oxygen atoms in total. The SMILES string of the molecule is Nc1cc2c(cc1-c1ccc3c4ccccc4n4c5ccccc5nc4c3c1)C1(c3ccccc3Oc3ccccc31)c1ccccc1-2. The van der Waals surface area contributed by atoms with Crippen LogP contribution in [0.3, 0.4) is 0 Å². The minimum atomic E-state index is -0.555. The molecule has 2 N–H and O–H groups in total. The van der Waals surface area contributed by atoms with Crippen LogP contribution in [-0.4, -0.2) is 9.38 Å². The number of nitrogen functional groups attached to an aromatic ring is 1. The second-order valence-electron chi connectivity index (χ2n) is 12.9. The van der Waals surface area contributed by atoms with E-state index in [1.54, 1.807) is 0 Å². The number of pyridine rings is 1. The molecule has 7 aromatic carbocycles. The molecule has 0 saturated carbocycles. The lowest BCUT2D eigenvalue weighted by Gasteiger charge is -2.39. The van der Waals surface area contributed by atoms with Crippen LogP contribution >= 0.6 is 0 Å². The third kappa shape index (κ3) is 3.12. The number of anilines is 1. The number of imidazole rings is 1. The van der Waals surface area contributed by atoms with E-state index in [-0.39, 0.29) is 0 Å². The van der Waals surface area contributed by atoms with Gasteiger partial charge in [0.25, 0.3) is 0 Å². The van der Waals surface area contributed by atoms with Crippen molar-refractivity contribution in [1.29, 1.82) is 0 Å². The lowest BCUT2D eigenvalue weighted by molar-refractivity contribution is 0.436. The first-order valence-electron chi connectivity index (χ1n) is 16.3. The van der Waals surface area contributed by atoms with Crippen molar-refractivity contribution in [1.82, 2.24) is 9.38 Å². The quantitative estimate of drug-likeness (QED) is 0.148. The van der Waals surface area contributed by atoms with E-state index in [0.29, 0.717) is 0 Å². The van der Waals surface area contributed by atoms with Crippen molar-refractivity contribution < 1.29 is 4.74 Å². The summed E-state index contributed by atoms with van der Waals surface area (Å²) in [5.74, 6) is 1.76. The zero-order valence-electron chi connectivity index (χ0n) is 25.8. The predicted octanol–water partition coefficient (Wildman–Crippen LogP) is 10.5. The molecule has 0 amide bonds. The molecular weight excluding hydrogens is 587 g/mol. The Labute approximate surface area is 276 Å². The first-order valence-corrected chi connectivity index (χ1v) is 16.3. The van der Waals surface area contributed by atoms with Gasteiger partial charge < -0.3 is 10.5 Å². The summed E-state index contributed by atoms with van der Waals surface area (Å²) in [7, 11) is 0. The van der Waals surface area contributed by atoms with Gasteiger partial charge in [-0.05, 0) is 81.7 Å². The van der Waals surface area contributed by atoms with E-state index < -0.39 is 5.41 Å². The maximum atomic E-state index is 7.05. The normalized spacial score (nSPS) is 13.8. The number of rotatable bonds is 1. The molecule has 224 valence electrons. The van der Waals surface area contributed by atoms with Gasteiger partial charge in [-0.2, -0.15) is 0 Å². The summed E-state index contributed by atoms with van der Waals surface area (Å²) in [6.07, 6.45) is 0. The molecule has 3 heterocycles. The minimum absolute atomic E-state index is 0.555. The third-order valence-electron chi connectivity index (χ3n) is 10.6. The van der Waals surface area contributed by atoms with E-state index in [1.165, 1.54) is 27.5 Å². The molecule has 9 aromatic rings. The van der Waals surface area contributed by atoms with Crippen molar-refractivity contribution in [3.05, 3.63) is 174 Å². The highest BCUT2D eigenvalue weighted by atomic mass is 16.5. The van der Waals surface area contributed by atoms with Crippen LogP contribution in [0.4, 0.5) is 5.69 Å². The topological polar surface area (TPSA) is 52.5 Å². The first kappa shape index (κ1) is 25.8. The van der Waals surface area contributed by atoms with Crippen LogP contribution in [0.1, 0.15) is 22.3 Å². The molecule has 0 bridgehead atoms. The number of fused-ring (bicyclic) bond motifs is 17. The van der Waals surface area contributed by atoms with Crippen molar-refractivity contribution in [3.63, 3.8) is 0 Å². The van der Waals surface area contributed by atoms with Crippen molar-refractivity contribution in [2.24, 2.45) is 0 Å². The van der Waals surface area contributed by atoms with Gasteiger partial charge in [-0.25, -0.2) is 4.98 Å². The summed E-state index contributed by atoms with van der Waals surface area (Å²) >= 11 is 0. The van der Waals surface area contributed by atoms with E-state index in [1.807, 2.05) is 0 Å². The third-order valence-corrected chi connectivity index (χ3v) is 10.6. The molecule has 0 fully saturated rings. The highest BCUT2D eigenvalue weighted by Crippen LogP contribution is 2.62. The molecule has 0 atom stereocenters. The number of nitrogens with two attached hydrogens (primary N) is 1. The van der Waals surface area contributed by atoms with E-state index in [0.717, 1.165) is 72.6 Å². The van der Waals surface area contributed by atoms with Crippen LogP contribution in [0, 0.1) is 0 Å². The van der Waals surface area contributed by atoms with Crippen LogP contribution in [0.2, 0.25) is 0 Å². The zero-order chi connectivity index (χ0) is 31.6. The average molecular weight is 614 g/mol. The molecule has 0 unspecified atom stereocenters. The minimum Gasteiger partial charge on any atom is -0.457 e. The molecule has 48 heavy (non-hydrogen) atoms. The lowest BCUT2D eigenvalue weighted by Crippen LogP contribution is -2.32. The summed E-state index contributed by atoms with van der Waals surface area (Å²) in [5.41, 5.74) is 20.6. The Hall–Kier alpha value is -6.39. The summed E-state index contributed by atoms with van der Waals surface area (Å²) in [5, 5.41) is 3.47. The summed E-state index contributed by atoms with van der Waals surface area (Å²) in [6.45, 7) is 0. The largest absolute Gasteiger partial charge is 0.457 e. The van der Waals surface area contributed by atoms with Gasteiger partial charge in [0.05, 0.1) is 22.0 Å². The molecule has 1 aliphatic heterocycles. The Morgan fingerprint density at radius 1 is 0.500 bits per heavy atom. The van der Waals surface area contributed by atoms with Gasteiger partial charge in [0.15, 0.2) is 0 Å². The van der Waals surface area contributed by atoms with Crippen LogP contribution in [0.25, 0.3) is 60.6 Å². The molecule has 2 aliphatic rings. The smallest absolute Gasteiger partial charge is 0.146 e. The highest BCUT2D eigenvalue weighted by molar-refractivity contribution is 6.15. The Bertz CT molecular complexity index is 2800. The molecule has 1 spiro atoms. The molecule has 11 rings (SSSR count). The standard InChI is InChI=1S/C44H27N3O/c45-37-25-31-28-11-1-3-13-33(28)44(34-14-4-9-19-41(34)48-42-20-10-5-15-35(42)44)36(31)24-30(37)26-21-22-27-29-12-2-7-17-39(29)47-40-18-8-6-16-38(40)46-43(47)32(27)23-26/h1-25H,45H2. The molecule has 1 aliphatic carbocycles. The number of ether oxygens (including phenoxy) is 1. The molecular formula is C44H27N3O. The van der Waals surface area contributed by atoms with Gasteiger partial charge in [-0.1, -0.05) is 103 Å². The van der Waals surface area contributed by atoms with Gasteiger partial charge in [0.1, 0.15) is 17.1 Å². The number of hydrogen-bond acceptors (Lipinski definition) is 3. The molecule has 2 aromatic heterocycles. The summed E-state index contributed by atoms with van der Waals surface area (Å²) < 4.78 is 8.84. The van der Waals surface area contributed by atoms with Gasteiger partial charge in [0.2, 0.25) is 0 Å². The van der Waals surface area contributed by atoms with Crippen molar-refractivity contribution in [2.45, 2.75) is 5.41 Å². The second-order valence-corrected chi connectivity index (χ2v) is 12.9. The van der Waals surface area contributed by atoms with Crippen LogP contribution in [0.5, 0.6) is 11.5 Å². The summed E-state index contributed by atoms with van der Waals surface area (Å²) in [4.78, 5) is 5.17. The Kier molecular flexibility index (Phi) is 4.89. The fourth-order valence-corrected chi connectivity index (χ4v) is 8.64. The Balaban J connectivity index is 1.24. The first-order chi connectivity index (χ1) is 23.7.